The number of hydrogen-bond donors (Lipinski definition) is 3. The molecule has 3 rings (SSSR count). The number of benzene rings is 1. The average Bonchev–Trinajstić information content (AvgIpc) is 3.08. The third kappa shape index (κ3) is 6.39. The molecule has 0 saturated carbocycles. The van der Waals surface area contributed by atoms with E-state index in [0.717, 1.165) is 12.8 Å². The fourth-order valence-corrected chi connectivity index (χ4v) is 4.27. The summed E-state index contributed by atoms with van der Waals surface area (Å²) in [5.74, 6) is -1.52. The molecule has 1 aromatic carbocycles. The van der Waals surface area contributed by atoms with Gasteiger partial charge in [-0.05, 0) is 43.2 Å². The maximum absolute atomic E-state index is 12.5. The van der Waals surface area contributed by atoms with E-state index in [-0.39, 0.29) is 5.92 Å². The van der Waals surface area contributed by atoms with Crippen LogP contribution in [0.5, 0.6) is 0 Å². The number of nitrogens with one attached hydrogen (secondary N) is 1. The Morgan fingerprint density at radius 3 is 2.21 bits per heavy atom. The van der Waals surface area contributed by atoms with Crippen molar-refractivity contribution in [2.75, 3.05) is 0 Å². The van der Waals surface area contributed by atoms with Crippen molar-refractivity contribution < 1.29 is 24.6 Å². The van der Waals surface area contributed by atoms with Gasteiger partial charge in [-0.2, -0.15) is 0 Å². The molecule has 3 N–H and O–H groups in total. The monoisotopic (exact) mass is 399 g/mol. The van der Waals surface area contributed by atoms with Crippen molar-refractivity contribution in [1.82, 2.24) is 5.32 Å². The highest BCUT2D eigenvalue weighted by molar-refractivity contribution is 5.89. The first kappa shape index (κ1) is 22.6. The van der Waals surface area contributed by atoms with Gasteiger partial charge in [0.05, 0.1) is 0 Å². The van der Waals surface area contributed by atoms with Crippen molar-refractivity contribution in [2.45, 2.75) is 57.5 Å². The van der Waals surface area contributed by atoms with Crippen LogP contribution in [0, 0.1) is 5.92 Å². The Morgan fingerprint density at radius 1 is 1.07 bits per heavy atom. The topological polar surface area (TPSA) is 104 Å². The molecule has 2 heterocycles. The number of Topliss-reactive ketones (excluding diaryl/α,β-unsaturated/α-hetero) is 1. The summed E-state index contributed by atoms with van der Waals surface area (Å²) in [5.41, 5.74) is 2.57. The van der Waals surface area contributed by atoms with Crippen LogP contribution in [0.3, 0.4) is 0 Å². The Bertz CT molecular complexity index is 765. The molecule has 0 aromatic heterocycles. The lowest BCUT2D eigenvalue weighted by molar-refractivity contribution is -0.134. The lowest BCUT2D eigenvalue weighted by atomic mass is 9.74. The smallest absolute Gasteiger partial charge is 0.328 e. The number of aliphatic carboxylic acids is 2. The molecule has 2 saturated heterocycles. The Morgan fingerprint density at radius 2 is 1.69 bits per heavy atom. The van der Waals surface area contributed by atoms with Gasteiger partial charge in [-0.1, -0.05) is 43.3 Å². The van der Waals surface area contributed by atoms with Crippen molar-refractivity contribution in [3.05, 3.63) is 53.6 Å². The van der Waals surface area contributed by atoms with Crippen LogP contribution < -0.4 is 5.32 Å². The first-order chi connectivity index (χ1) is 13.8. The summed E-state index contributed by atoms with van der Waals surface area (Å²) in [6.07, 6.45) is 9.44. The van der Waals surface area contributed by atoms with E-state index in [2.05, 4.69) is 41.7 Å². The number of allylic oxidation sites excluding steroid dienone is 1. The maximum Gasteiger partial charge on any atom is 0.328 e. The maximum atomic E-state index is 12.5. The zero-order chi connectivity index (χ0) is 21.4. The molecule has 1 aromatic rings. The van der Waals surface area contributed by atoms with Crippen LogP contribution in [0.4, 0.5) is 0 Å². The van der Waals surface area contributed by atoms with E-state index in [4.69, 9.17) is 10.2 Å². The van der Waals surface area contributed by atoms with Crippen molar-refractivity contribution in [3.63, 3.8) is 0 Å². The standard InChI is InChI=1S/C19H25NO.C4H4O4/c1-3-5-13-6-8-14(9-7-13)16-12-15-10-11-17(20-15)19(16)18(21)4-2;5-3(6)1-2-4(7)8/h3,5-9,15-17,19-20H,4,10-12H2,1-2H3;1-2H,(H,5,6)(H,7,8)/b5-3-;2-1+/t15?,16-,17?,19+;/m1./s1. The molecule has 0 radical (unpaired) electrons. The van der Waals surface area contributed by atoms with Crippen LogP contribution in [0.1, 0.15) is 56.6 Å². The molecule has 0 aliphatic carbocycles. The van der Waals surface area contributed by atoms with Crippen molar-refractivity contribution in [2.24, 2.45) is 5.92 Å². The van der Waals surface area contributed by atoms with Gasteiger partial charge in [0, 0.05) is 36.6 Å². The van der Waals surface area contributed by atoms with Crippen LogP contribution in [0.2, 0.25) is 0 Å². The van der Waals surface area contributed by atoms with Gasteiger partial charge in [0.1, 0.15) is 5.78 Å². The number of fused-ring (bicyclic) bond motifs is 2. The predicted octanol–water partition coefficient (Wildman–Crippen LogP) is 3.63. The number of carboxylic acids is 2. The summed E-state index contributed by atoms with van der Waals surface area (Å²) in [4.78, 5) is 31.6. The minimum Gasteiger partial charge on any atom is -0.478 e. The first-order valence-corrected chi connectivity index (χ1v) is 10.0. The van der Waals surface area contributed by atoms with Crippen molar-refractivity contribution in [1.29, 1.82) is 0 Å². The highest BCUT2D eigenvalue weighted by atomic mass is 16.4. The summed E-state index contributed by atoms with van der Waals surface area (Å²) in [6, 6.07) is 9.80. The predicted molar refractivity (Wildman–Crippen MR) is 112 cm³/mol. The van der Waals surface area contributed by atoms with Gasteiger partial charge in [0.25, 0.3) is 0 Å². The van der Waals surface area contributed by atoms with Crippen molar-refractivity contribution >= 4 is 23.8 Å². The van der Waals surface area contributed by atoms with Gasteiger partial charge in [-0.15, -0.1) is 0 Å². The molecule has 2 fully saturated rings. The molecule has 2 unspecified atom stereocenters. The number of carboxylic acid groups (broad SMARTS) is 2. The molecule has 2 bridgehead atoms. The summed E-state index contributed by atoms with van der Waals surface area (Å²) < 4.78 is 0. The van der Waals surface area contributed by atoms with Gasteiger partial charge in [0.15, 0.2) is 0 Å². The molecule has 0 spiro atoms. The van der Waals surface area contributed by atoms with E-state index in [1.165, 1.54) is 17.5 Å². The van der Waals surface area contributed by atoms with Gasteiger partial charge < -0.3 is 15.5 Å². The third-order valence-electron chi connectivity index (χ3n) is 5.49. The van der Waals surface area contributed by atoms with Crippen LogP contribution in [0.25, 0.3) is 6.08 Å². The van der Waals surface area contributed by atoms with E-state index >= 15 is 0 Å². The number of rotatable bonds is 6. The number of carbonyl (C=O) groups excluding carboxylic acids is 1. The summed E-state index contributed by atoms with van der Waals surface area (Å²) >= 11 is 0. The molecule has 156 valence electrons. The second-order valence-electron chi connectivity index (χ2n) is 7.41. The fraction of sp³-hybridized carbons (Fsp3) is 0.435. The molecule has 2 aliphatic heterocycles. The third-order valence-corrected chi connectivity index (χ3v) is 5.49. The largest absolute Gasteiger partial charge is 0.478 e. The fourth-order valence-electron chi connectivity index (χ4n) is 4.27. The number of hydrogen-bond acceptors (Lipinski definition) is 4. The number of ketones is 1. The molecular formula is C23H29NO5. The van der Waals surface area contributed by atoms with Gasteiger partial charge in [-0.3, -0.25) is 4.79 Å². The van der Waals surface area contributed by atoms with E-state index in [1.54, 1.807) is 0 Å². The zero-order valence-corrected chi connectivity index (χ0v) is 16.9. The summed E-state index contributed by atoms with van der Waals surface area (Å²) in [7, 11) is 0. The van der Waals surface area contributed by atoms with E-state index < -0.39 is 11.9 Å². The van der Waals surface area contributed by atoms with Gasteiger partial charge in [-0.25, -0.2) is 9.59 Å². The molecule has 0 amide bonds. The molecule has 6 heteroatoms. The summed E-state index contributed by atoms with van der Waals surface area (Å²) in [5, 5.41) is 19.3. The highest BCUT2D eigenvalue weighted by Gasteiger charge is 2.44. The molecule has 4 atom stereocenters. The Kier molecular flexibility index (Phi) is 8.34. The number of carbonyl (C=O) groups is 3. The molecule has 2 aliphatic rings. The van der Waals surface area contributed by atoms with E-state index in [1.807, 2.05) is 13.8 Å². The molecule has 6 nitrogen and oxygen atoms in total. The number of piperidine rings is 1. The quantitative estimate of drug-likeness (QED) is 0.631. The Labute approximate surface area is 171 Å². The normalized spacial score (nSPS) is 25.6. The lowest BCUT2D eigenvalue weighted by Gasteiger charge is -2.37. The van der Waals surface area contributed by atoms with E-state index in [9.17, 15) is 14.4 Å². The average molecular weight is 399 g/mol. The van der Waals surface area contributed by atoms with Crippen LogP contribution in [0.15, 0.2) is 42.5 Å². The minimum absolute atomic E-state index is 0.168. The van der Waals surface area contributed by atoms with Crippen LogP contribution in [-0.2, 0) is 14.4 Å². The summed E-state index contributed by atoms with van der Waals surface area (Å²) in [6.45, 7) is 4.03. The first-order valence-electron chi connectivity index (χ1n) is 10.0. The highest BCUT2D eigenvalue weighted by Crippen LogP contribution is 2.42. The SMILES string of the molecule is C/C=C\c1ccc([C@H]2CC3CCC(N3)[C@H]2C(=O)CC)cc1.O=C(O)/C=C/C(=O)O. The minimum atomic E-state index is -1.26. The second-order valence-corrected chi connectivity index (χ2v) is 7.41. The molecular weight excluding hydrogens is 370 g/mol. The lowest BCUT2D eigenvalue weighted by Crippen LogP contribution is -2.47. The Balaban J connectivity index is 0.000000321. The van der Waals surface area contributed by atoms with Crippen LogP contribution in [-0.4, -0.2) is 40.0 Å². The van der Waals surface area contributed by atoms with Crippen molar-refractivity contribution in [3.8, 4) is 0 Å². The van der Waals surface area contributed by atoms with E-state index in [0.29, 0.717) is 42.4 Å². The van der Waals surface area contributed by atoms with Gasteiger partial charge in [0.2, 0.25) is 0 Å². The zero-order valence-electron chi connectivity index (χ0n) is 16.9. The van der Waals surface area contributed by atoms with Crippen LogP contribution >= 0.6 is 0 Å². The van der Waals surface area contributed by atoms with Gasteiger partial charge >= 0.3 is 11.9 Å². The second kappa shape index (κ2) is 10.7. The Hall–Kier alpha value is -2.73. The molecule has 29 heavy (non-hydrogen) atoms.